The molecule has 0 spiro atoms. The van der Waals surface area contributed by atoms with Crippen LogP contribution in [0.4, 0.5) is 0 Å². The molecular weight excluding hydrogens is 320 g/mol. The summed E-state index contributed by atoms with van der Waals surface area (Å²) < 4.78 is 22.7. The summed E-state index contributed by atoms with van der Waals surface area (Å²) in [5.74, 6) is 0. The molecule has 1 rings (SSSR count). The second kappa shape index (κ2) is 9.19. The van der Waals surface area contributed by atoms with Gasteiger partial charge in [-0.15, -0.1) is 0 Å². The molecule has 0 radical (unpaired) electrons. The van der Waals surface area contributed by atoms with Crippen molar-refractivity contribution in [1.29, 1.82) is 0 Å². The maximum absolute atomic E-state index is 11.3. The van der Waals surface area contributed by atoms with Gasteiger partial charge in [-0.2, -0.15) is 8.42 Å². The SMILES string of the molecule is CC(C=CC1=C(C)CCCC1(C)C)=CCC(C(C)=CCO)=S(=O)=O. The van der Waals surface area contributed by atoms with Crippen LogP contribution in [0.2, 0.25) is 0 Å². The molecule has 0 amide bonds. The van der Waals surface area contributed by atoms with Crippen molar-refractivity contribution in [3.05, 3.63) is 46.6 Å². The van der Waals surface area contributed by atoms with Gasteiger partial charge in [-0.05, 0) is 56.6 Å². The molecule has 0 atom stereocenters. The molecule has 0 aromatic carbocycles. The number of hydrogen-bond acceptors (Lipinski definition) is 3. The lowest BCUT2D eigenvalue weighted by Gasteiger charge is -2.32. The Morgan fingerprint density at radius 2 is 1.92 bits per heavy atom. The first kappa shape index (κ1) is 20.7. The van der Waals surface area contributed by atoms with E-state index in [-0.39, 0.29) is 12.0 Å². The largest absolute Gasteiger partial charge is 0.392 e. The van der Waals surface area contributed by atoms with Gasteiger partial charge in [-0.25, -0.2) is 0 Å². The maximum atomic E-state index is 11.3. The van der Waals surface area contributed by atoms with Crippen LogP contribution in [0.1, 0.15) is 60.3 Å². The van der Waals surface area contributed by atoms with Crippen LogP contribution < -0.4 is 0 Å². The topological polar surface area (TPSA) is 54.4 Å². The van der Waals surface area contributed by atoms with E-state index in [2.05, 4.69) is 32.9 Å². The molecule has 0 aromatic heterocycles. The van der Waals surface area contributed by atoms with Gasteiger partial charge in [-0.3, -0.25) is 0 Å². The molecule has 1 N–H and O–H groups in total. The van der Waals surface area contributed by atoms with E-state index in [0.717, 1.165) is 12.0 Å². The highest BCUT2D eigenvalue weighted by Crippen LogP contribution is 2.40. The van der Waals surface area contributed by atoms with E-state index in [1.807, 2.05) is 13.0 Å². The third-order valence-electron chi connectivity index (χ3n) is 4.70. The average molecular weight is 351 g/mol. The number of hydrogen-bond donors (Lipinski definition) is 1. The van der Waals surface area contributed by atoms with Gasteiger partial charge in [0, 0.05) is 6.42 Å². The van der Waals surface area contributed by atoms with Crippen LogP contribution in [0, 0.1) is 5.41 Å². The van der Waals surface area contributed by atoms with Gasteiger partial charge < -0.3 is 5.11 Å². The fraction of sp³-hybridized carbons (Fsp3) is 0.550. The third kappa shape index (κ3) is 5.91. The quantitative estimate of drug-likeness (QED) is 0.439. The highest BCUT2D eigenvalue weighted by molar-refractivity contribution is 7.73. The maximum Gasteiger partial charge on any atom is 0.217 e. The van der Waals surface area contributed by atoms with E-state index < -0.39 is 10.3 Å². The van der Waals surface area contributed by atoms with Crippen LogP contribution in [0.15, 0.2) is 46.6 Å². The minimum absolute atomic E-state index is 0.155. The standard InChI is InChI=1S/C20H30O3S/c1-15(9-11-19(24(22)23)17(3)12-14-21)8-10-18-16(2)7-6-13-20(18,4)5/h8-10,12,21H,6-7,11,13-14H2,1-5H3. The molecule has 0 unspecified atom stereocenters. The first-order valence-electron chi connectivity index (χ1n) is 8.47. The fourth-order valence-corrected chi connectivity index (χ4v) is 3.72. The molecule has 0 heterocycles. The van der Waals surface area contributed by atoms with E-state index >= 15 is 0 Å². The van der Waals surface area contributed by atoms with E-state index in [1.54, 1.807) is 6.92 Å². The van der Waals surface area contributed by atoms with Crippen molar-refractivity contribution in [3.8, 4) is 0 Å². The molecule has 1 aliphatic rings. The zero-order valence-electron chi connectivity index (χ0n) is 15.5. The highest BCUT2D eigenvalue weighted by Gasteiger charge is 2.26. The minimum atomic E-state index is -2.27. The predicted octanol–water partition coefficient (Wildman–Crippen LogP) is 4.40. The van der Waals surface area contributed by atoms with E-state index in [1.165, 1.54) is 30.1 Å². The lowest BCUT2D eigenvalue weighted by molar-refractivity contribution is 0.342. The first-order valence-corrected chi connectivity index (χ1v) is 9.54. The van der Waals surface area contributed by atoms with Gasteiger partial charge in [0.15, 0.2) is 0 Å². The Labute approximate surface area is 148 Å². The Balaban J connectivity index is 2.95. The van der Waals surface area contributed by atoms with Gasteiger partial charge in [-0.1, -0.05) is 49.3 Å². The van der Waals surface area contributed by atoms with Crippen molar-refractivity contribution in [1.82, 2.24) is 0 Å². The summed E-state index contributed by atoms with van der Waals surface area (Å²) in [6.07, 6.45) is 11.6. The number of rotatable bonds is 6. The molecule has 0 aromatic rings. The van der Waals surface area contributed by atoms with E-state index in [4.69, 9.17) is 5.11 Å². The molecule has 1 aliphatic carbocycles. The predicted molar refractivity (Wildman–Crippen MR) is 103 cm³/mol. The van der Waals surface area contributed by atoms with Crippen LogP contribution in [-0.2, 0) is 10.3 Å². The minimum Gasteiger partial charge on any atom is -0.392 e. The lowest BCUT2D eigenvalue weighted by Crippen LogP contribution is -2.19. The number of aliphatic hydroxyl groups is 1. The molecule has 0 saturated heterocycles. The normalized spacial score (nSPS) is 19.1. The van der Waals surface area contributed by atoms with Gasteiger partial charge >= 0.3 is 0 Å². The smallest absolute Gasteiger partial charge is 0.217 e. The summed E-state index contributed by atoms with van der Waals surface area (Å²) in [6.45, 7) is 10.3. The second-order valence-corrected chi connectivity index (χ2v) is 8.11. The van der Waals surface area contributed by atoms with Crippen molar-refractivity contribution < 1.29 is 13.5 Å². The van der Waals surface area contributed by atoms with Gasteiger partial charge in [0.1, 0.15) is 0 Å². The molecule has 0 aliphatic heterocycles. The summed E-state index contributed by atoms with van der Waals surface area (Å²) in [5, 5.41) is 8.92. The van der Waals surface area contributed by atoms with Crippen LogP contribution in [0.25, 0.3) is 0 Å². The number of allylic oxidation sites excluding steroid dienone is 7. The zero-order valence-corrected chi connectivity index (χ0v) is 16.3. The van der Waals surface area contributed by atoms with E-state index in [0.29, 0.717) is 16.9 Å². The summed E-state index contributed by atoms with van der Waals surface area (Å²) in [5.41, 5.74) is 4.69. The highest BCUT2D eigenvalue weighted by atomic mass is 32.2. The van der Waals surface area contributed by atoms with Gasteiger partial charge in [0.25, 0.3) is 0 Å². The van der Waals surface area contributed by atoms with Crippen molar-refractivity contribution in [2.75, 3.05) is 6.61 Å². The molecule has 0 fully saturated rings. The molecule has 4 heteroatoms. The van der Waals surface area contributed by atoms with Crippen LogP contribution in [0.5, 0.6) is 0 Å². The van der Waals surface area contributed by atoms with Crippen LogP contribution in [0.3, 0.4) is 0 Å². The Bertz CT molecular complexity index is 706. The molecule has 0 bridgehead atoms. The third-order valence-corrected chi connectivity index (χ3v) is 5.59. The summed E-state index contributed by atoms with van der Waals surface area (Å²) in [7, 11) is -2.27. The fourth-order valence-electron chi connectivity index (χ4n) is 3.16. The van der Waals surface area contributed by atoms with Crippen LogP contribution in [-0.4, -0.2) is 25.0 Å². The van der Waals surface area contributed by atoms with Crippen molar-refractivity contribution in [2.24, 2.45) is 5.41 Å². The first-order chi connectivity index (χ1) is 11.2. The Kier molecular flexibility index (Phi) is 7.91. The monoisotopic (exact) mass is 350 g/mol. The van der Waals surface area contributed by atoms with Crippen molar-refractivity contribution >= 4 is 15.2 Å². The summed E-state index contributed by atoms with van der Waals surface area (Å²) in [6, 6.07) is 0. The summed E-state index contributed by atoms with van der Waals surface area (Å²) in [4.78, 5) is 0.324. The van der Waals surface area contributed by atoms with Crippen molar-refractivity contribution in [3.63, 3.8) is 0 Å². The number of aliphatic hydroxyl groups excluding tert-OH is 1. The Morgan fingerprint density at radius 1 is 1.25 bits per heavy atom. The van der Waals surface area contributed by atoms with Gasteiger partial charge in [0.05, 0.1) is 11.5 Å². The molecular formula is C20H30O3S. The molecule has 3 nitrogen and oxygen atoms in total. The Morgan fingerprint density at radius 3 is 2.46 bits per heavy atom. The van der Waals surface area contributed by atoms with Crippen LogP contribution >= 0.6 is 0 Å². The van der Waals surface area contributed by atoms with E-state index in [9.17, 15) is 8.42 Å². The zero-order chi connectivity index (χ0) is 18.3. The summed E-state index contributed by atoms with van der Waals surface area (Å²) >= 11 is 0. The molecule has 24 heavy (non-hydrogen) atoms. The molecule has 134 valence electrons. The Hall–Kier alpha value is -1.39. The molecule has 0 saturated carbocycles. The van der Waals surface area contributed by atoms with Crippen molar-refractivity contribution in [2.45, 2.75) is 60.3 Å². The second-order valence-electron chi connectivity index (χ2n) is 7.14. The van der Waals surface area contributed by atoms with Gasteiger partial charge in [0.2, 0.25) is 10.3 Å². The average Bonchev–Trinajstić information content (AvgIpc) is 2.46. The lowest BCUT2D eigenvalue weighted by atomic mass is 9.72.